The monoisotopic (exact) mass is 111 g/mol. The number of nitrogens with zero attached hydrogens (tertiary/aromatic N) is 1. The zero-order chi connectivity index (χ0) is 5.11. The third-order valence-corrected chi connectivity index (χ3v) is 1.26. The van der Waals surface area contributed by atoms with Crippen molar-refractivity contribution >= 4 is 18.0 Å². The summed E-state index contributed by atoms with van der Waals surface area (Å²) >= 11 is 1.55. The van der Waals surface area contributed by atoms with Gasteiger partial charge < -0.3 is 0 Å². The molecule has 0 atom stereocenters. The zero-order valence-electron chi connectivity index (χ0n) is 3.79. The number of allylic oxidation sites excluding steroid dienone is 1. The summed E-state index contributed by atoms with van der Waals surface area (Å²) in [6.45, 7) is 3.63. The van der Waals surface area contributed by atoms with Gasteiger partial charge in [0.25, 0.3) is 0 Å². The van der Waals surface area contributed by atoms with Crippen molar-refractivity contribution in [1.29, 1.82) is 0 Å². The molecule has 0 aromatic rings. The quantitative estimate of drug-likeness (QED) is 0.464. The van der Waals surface area contributed by atoms with Crippen LogP contribution in [0.15, 0.2) is 28.1 Å². The van der Waals surface area contributed by atoms with E-state index in [-0.39, 0.29) is 0 Å². The molecule has 0 N–H and O–H groups in total. The number of hydrogen-bond donors (Lipinski definition) is 0. The Morgan fingerprint density at radius 3 is 2.86 bits per heavy atom. The first-order valence-corrected chi connectivity index (χ1v) is 2.82. The lowest BCUT2D eigenvalue weighted by atomic mass is 10.7. The molecule has 0 aliphatic carbocycles. The third kappa shape index (κ3) is 1.20. The van der Waals surface area contributed by atoms with Crippen LogP contribution in [0.3, 0.4) is 0 Å². The molecule has 2 heteroatoms. The number of hydrogen-bond acceptors (Lipinski definition) is 2. The average Bonchev–Trinajstić information content (AvgIpc) is 1.69. The highest BCUT2D eigenvalue weighted by Gasteiger charge is 1.86. The molecule has 0 unspecified atom stereocenters. The number of aliphatic imine (C=N–C) groups is 1. The lowest BCUT2D eigenvalue weighted by molar-refractivity contribution is 1.57. The smallest absolute Gasteiger partial charge is 0.0929 e. The SMILES string of the molecule is C=C1N=CC=CS1. The van der Waals surface area contributed by atoms with Crippen LogP contribution < -0.4 is 0 Å². The Morgan fingerprint density at radius 2 is 2.57 bits per heavy atom. The van der Waals surface area contributed by atoms with E-state index in [2.05, 4.69) is 11.6 Å². The van der Waals surface area contributed by atoms with Crippen molar-refractivity contribution in [2.24, 2.45) is 4.99 Å². The van der Waals surface area contributed by atoms with E-state index in [1.165, 1.54) is 0 Å². The molecule has 1 heterocycles. The topological polar surface area (TPSA) is 12.4 Å². The number of rotatable bonds is 0. The minimum absolute atomic E-state index is 0.863. The van der Waals surface area contributed by atoms with Gasteiger partial charge in [0, 0.05) is 6.21 Å². The molecule has 1 aliphatic heterocycles. The predicted octanol–water partition coefficient (Wildman–Crippen LogP) is 1.79. The zero-order valence-corrected chi connectivity index (χ0v) is 4.61. The standard InChI is InChI=1S/C5H5NS/c1-5-6-3-2-4-7-5/h2-4H,1H2. The molecule has 36 valence electrons. The van der Waals surface area contributed by atoms with E-state index in [9.17, 15) is 0 Å². The Morgan fingerprint density at radius 1 is 1.71 bits per heavy atom. The van der Waals surface area contributed by atoms with Crippen molar-refractivity contribution in [3.05, 3.63) is 23.1 Å². The maximum Gasteiger partial charge on any atom is 0.0929 e. The predicted molar refractivity (Wildman–Crippen MR) is 34.4 cm³/mol. The van der Waals surface area contributed by atoms with E-state index in [4.69, 9.17) is 0 Å². The molecule has 0 aromatic heterocycles. The van der Waals surface area contributed by atoms with E-state index in [1.54, 1.807) is 18.0 Å². The molecule has 1 aliphatic rings. The van der Waals surface area contributed by atoms with Gasteiger partial charge >= 0.3 is 0 Å². The van der Waals surface area contributed by atoms with Gasteiger partial charge in [0.2, 0.25) is 0 Å². The first-order chi connectivity index (χ1) is 3.39. The highest BCUT2D eigenvalue weighted by molar-refractivity contribution is 8.05. The molecule has 0 spiro atoms. The largest absolute Gasteiger partial charge is 0.250 e. The van der Waals surface area contributed by atoms with Crippen LogP contribution in [0, 0.1) is 0 Å². The summed E-state index contributed by atoms with van der Waals surface area (Å²) in [5.74, 6) is 0. The summed E-state index contributed by atoms with van der Waals surface area (Å²) in [7, 11) is 0. The molecule has 1 nitrogen and oxygen atoms in total. The van der Waals surface area contributed by atoms with E-state index in [0.717, 1.165) is 5.03 Å². The Balaban J connectivity index is 2.66. The Hall–Kier alpha value is -0.500. The normalized spacial score (nSPS) is 18.0. The molecular weight excluding hydrogens is 106 g/mol. The summed E-state index contributed by atoms with van der Waals surface area (Å²) < 4.78 is 0. The average molecular weight is 111 g/mol. The summed E-state index contributed by atoms with van der Waals surface area (Å²) in [6, 6.07) is 0. The van der Waals surface area contributed by atoms with Gasteiger partial charge in [-0.1, -0.05) is 18.3 Å². The summed E-state index contributed by atoms with van der Waals surface area (Å²) in [5, 5.41) is 2.82. The van der Waals surface area contributed by atoms with Gasteiger partial charge in [-0.15, -0.1) is 0 Å². The van der Waals surface area contributed by atoms with Crippen LogP contribution in [0.4, 0.5) is 0 Å². The van der Waals surface area contributed by atoms with Crippen molar-refractivity contribution in [2.75, 3.05) is 0 Å². The lowest BCUT2D eigenvalue weighted by Gasteiger charge is -1.93. The van der Waals surface area contributed by atoms with Crippen molar-refractivity contribution in [1.82, 2.24) is 0 Å². The second kappa shape index (κ2) is 1.98. The van der Waals surface area contributed by atoms with Gasteiger partial charge in [-0.25, -0.2) is 0 Å². The Kier molecular flexibility index (Phi) is 1.32. The minimum atomic E-state index is 0.863. The maximum atomic E-state index is 3.89. The summed E-state index contributed by atoms with van der Waals surface area (Å²) in [4.78, 5) is 3.89. The van der Waals surface area contributed by atoms with Crippen LogP contribution >= 0.6 is 11.8 Å². The van der Waals surface area contributed by atoms with Gasteiger partial charge in [0.05, 0.1) is 5.03 Å². The van der Waals surface area contributed by atoms with Crippen molar-refractivity contribution in [3.63, 3.8) is 0 Å². The molecule has 0 fully saturated rings. The molecule has 0 amide bonds. The van der Waals surface area contributed by atoms with Crippen LogP contribution in [0.2, 0.25) is 0 Å². The molecule has 0 radical (unpaired) electrons. The van der Waals surface area contributed by atoms with Gasteiger partial charge in [-0.05, 0) is 11.5 Å². The minimum Gasteiger partial charge on any atom is -0.250 e. The third-order valence-electron chi connectivity index (χ3n) is 0.587. The molecule has 0 bridgehead atoms. The second-order valence-corrected chi connectivity index (χ2v) is 2.10. The van der Waals surface area contributed by atoms with Gasteiger partial charge in [-0.3, -0.25) is 4.99 Å². The van der Waals surface area contributed by atoms with E-state index < -0.39 is 0 Å². The van der Waals surface area contributed by atoms with Crippen LogP contribution in [-0.2, 0) is 0 Å². The molecule has 0 saturated carbocycles. The molecular formula is C5H5NS. The Labute approximate surface area is 46.8 Å². The van der Waals surface area contributed by atoms with E-state index in [1.807, 2.05) is 11.5 Å². The first-order valence-electron chi connectivity index (χ1n) is 1.94. The molecule has 0 saturated heterocycles. The second-order valence-electron chi connectivity index (χ2n) is 1.12. The van der Waals surface area contributed by atoms with Crippen LogP contribution in [0.25, 0.3) is 0 Å². The first kappa shape index (κ1) is 4.65. The van der Waals surface area contributed by atoms with Crippen LogP contribution in [0.1, 0.15) is 0 Å². The fourth-order valence-electron chi connectivity index (χ4n) is 0.310. The highest BCUT2D eigenvalue weighted by atomic mass is 32.2. The van der Waals surface area contributed by atoms with Crippen LogP contribution in [-0.4, -0.2) is 6.21 Å². The van der Waals surface area contributed by atoms with Crippen molar-refractivity contribution < 1.29 is 0 Å². The fourth-order valence-corrected chi connectivity index (χ4v) is 0.737. The van der Waals surface area contributed by atoms with E-state index in [0.29, 0.717) is 0 Å². The molecule has 0 aromatic carbocycles. The van der Waals surface area contributed by atoms with E-state index >= 15 is 0 Å². The van der Waals surface area contributed by atoms with Crippen molar-refractivity contribution in [2.45, 2.75) is 0 Å². The molecule has 1 rings (SSSR count). The highest BCUT2D eigenvalue weighted by Crippen LogP contribution is 2.17. The Bertz CT molecular complexity index is 135. The molecule has 7 heavy (non-hydrogen) atoms. The van der Waals surface area contributed by atoms with Gasteiger partial charge in [-0.2, -0.15) is 0 Å². The van der Waals surface area contributed by atoms with Gasteiger partial charge in [0.15, 0.2) is 0 Å². The fraction of sp³-hybridized carbons (Fsp3) is 0. The lowest BCUT2D eigenvalue weighted by Crippen LogP contribution is -1.71. The summed E-state index contributed by atoms with van der Waals surface area (Å²) in [6.07, 6.45) is 3.62. The number of thioether (sulfide) groups is 1. The van der Waals surface area contributed by atoms with Crippen LogP contribution in [0.5, 0.6) is 0 Å². The maximum absolute atomic E-state index is 3.89. The van der Waals surface area contributed by atoms with Gasteiger partial charge in [0.1, 0.15) is 0 Å². The van der Waals surface area contributed by atoms with Crippen molar-refractivity contribution in [3.8, 4) is 0 Å². The summed E-state index contributed by atoms with van der Waals surface area (Å²) in [5.41, 5.74) is 0.